The maximum atomic E-state index is 11.9. The summed E-state index contributed by atoms with van der Waals surface area (Å²) < 4.78 is 0. The molecule has 0 aliphatic rings. The van der Waals surface area contributed by atoms with E-state index in [4.69, 9.17) is 5.11 Å². The third-order valence-electron chi connectivity index (χ3n) is 5.11. The van der Waals surface area contributed by atoms with Crippen LogP contribution in [-0.2, 0) is 20.8 Å². The lowest BCUT2D eigenvalue weighted by Crippen LogP contribution is -2.10. The quantitative estimate of drug-likeness (QED) is 0.298. The molecule has 6 nitrogen and oxygen atoms in total. The average molecular weight is 434 g/mol. The summed E-state index contributed by atoms with van der Waals surface area (Å²) in [5, 5.41) is 11.9. The van der Waals surface area contributed by atoms with E-state index in [1.165, 1.54) is 0 Å². The summed E-state index contributed by atoms with van der Waals surface area (Å²) in [5.74, 6) is -0.109. The van der Waals surface area contributed by atoms with E-state index in [0.717, 1.165) is 36.2 Å². The summed E-state index contributed by atoms with van der Waals surface area (Å²) in [6.07, 6.45) is 4.82. The number of ketones is 3. The molecule has 0 amide bonds. The molecule has 0 saturated heterocycles. The van der Waals surface area contributed by atoms with Gasteiger partial charge >= 0.3 is 5.97 Å². The van der Waals surface area contributed by atoms with Crippen molar-refractivity contribution in [3.63, 3.8) is 0 Å². The van der Waals surface area contributed by atoms with E-state index in [2.05, 4.69) is 5.32 Å². The van der Waals surface area contributed by atoms with Gasteiger partial charge in [0.2, 0.25) is 0 Å². The van der Waals surface area contributed by atoms with E-state index in [9.17, 15) is 19.2 Å². The molecule has 2 N–H and O–H groups in total. The molecule has 174 valence electrons. The number of benzene rings is 1. The Balaban J connectivity index is 0.000000695. The maximum absolute atomic E-state index is 11.9. The number of aliphatic carboxylic acids is 1. The number of anilines is 1. The van der Waals surface area contributed by atoms with E-state index < -0.39 is 5.97 Å². The van der Waals surface area contributed by atoms with E-state index in [-0.39, 0.29) is 29.7 Å². The zero-order chi connectivity index (χ0) is 23.8. The molecular formula is C25H39NO5. The molecule has 0 aromatic heterocycles. The number of carboxylic acid groups (broad SMARTS) is 1. The van der Waals surface area contributed by atoms with Crippen LogP contribution in [0.4, 0.5) is 5.69 Å². The normalized spacial score (nSPS) is 11.1. The van der Waals surface area contributed by atoms with E-state index in [1.807, 2.05) is 45.9 Å². The number of carbonyl (C=O) groups excluding carboxylic acids is 3. The highest BCUT2D eigenvalue weighted by molar-refractivity contribution is 5.98. The smallest absolute Gasteiger partial charge is 0.303 e. The van der Waals surface area contributed by atoms with Gasteiger partial charge in [-0.3, -0.25) is 14.4 Å². The molecule has 0 aliphatic heterocycles. The van der Waals surface area contributed by atoms with Gasteiger partial charge in [-0.1, -0.05) is 39.8 Å². The monoisotopic (exact) mass is 433 g/mol. The van der Waals surface area contributed by atoms with Gasteiger partial charge in [0.05, 0.1) is 0 Å². The molecule has 1 aromatic carbocycles. The fourth-order valence-corrected chi connectivity index (χ4v) is 3.14. The highest BCUT2D eigenvalue weighted by atomic mass is 16.4. The Labute approximate surface area is 186 Å². The summed E-state index contributed by atoms with van der Waals surface area (Å²) in [5.41, 5.74) is 2.84. The van der Waals surface area contributed by atoms with Gasteiger partial charge in [0.15, 0.2) is 5.78 Å². The molecule has 1 unspecified atom stereocenters. The first-order valence-corrected chi connectivity index (χ1v) is 11.3. The summed E-state index contributed by atoms with van der Waals surface area (Å²) in [6.45, 7) is 9.93. The summed E-state index contributed by atoms with van der Waals surface area (Å²) in [6, 6.07) is 5.74. The van der Waals surface area contributed by atoms with Gasteiger partial charge in [-0.25, -0.2) is 0 Å². The van der Waals surface area contributed by atoms with Crippen molar-refractivity contribution in [2.75, 3.05) is 11.9 Å². The number of rotatable bonds is 14. The lowest BCUT2D eigenvalue weighted by Gasteiger charge is -2.14. The van der Waals surface area contributed by atoms with Crippen molar-refractivity contribution >= 4 is 29.0 Å². The van der Waals surface area contributed by atoms with Crippen molar-refractivity contribution in [2.24, 2.45) is 5.92 Å². The second kappa shape index (κ2) is 16.2. The summed E-state index contributed by atoms with van der Waals surface area (Å²) in [4.78, 5) is 43.9. The van der Waals surface area contributed by atoms with Crippen LogP contribution in [0.25, 0.3) is 0 Å². The van der Waals surface area contributed by atoms with Crippen molar-refractivity contribution in [2.45, 2.75) is 86.0 Å². The van der Waals surface area contributed by atoms with Crippen LogP contribution in [0.3, 0.4) is 0 Å². The highest BCUT2D eigenvalue weighted by Gasteiger charge is 2.12. The number of carbonyl (C=O) groups is 4. The number of nitrogens with one attached hydrogen (secondary N) is 1. The topological polar surface area (TPSA) is 101 Å². The van der Waals surface area contributed by atoms with Gasteiger partial charge in [-0.05, 0) is 44.2 Å². The van der Waals surface area contributed by atoms with Crippen LogP contribution in [0.1, 0.15) is 95.5 Å². The number of carboxylic acids is 1. The van der Waals surface area contributed by atoms with E-state index >= 15 is 0 Å². The summed E-state index contributed by atoms with van der Waals surface area (Å²) in [7, 11) is 0. The first-order valence-electron chi connectivity index (χ1n) is 11.3. The molecule has 1 aromatic rings. The fraction of sp³-hybridized carbons (Fsp3) is 0.600. The standard InChI is InChI=1S/C16H23NO3.C9H16O2/c1-3-12-13(15(18)4-2)8-7-9-14(12)17-11-6-5-10-16(19)20;1-4-9(11)7(2)5-6-8(3)10/h7-9,17H,3-6,10-11H2,1-2H3,(H,19,20);7H,4-6H2,1-3H3. The Morgan fingerprint density at radius 2 is 1.68 bits per heavy atom. The fourth-order valence-electron chi connectivity index (χ4n) is 3.14. The zero-order valence-corrected chi connectivity index (χ0v) is 19.8. The SMILES string of the molecule is CCC(=O)C(C)CCC(C)=O.CCC(=O)c1cccc(NCCCCC(=O)O)c1CC. The van der Waals surface area contributed by atoms with Gasteiger partial charge in [-0.2, -0.15) is 0 Å². The van der Waals surface area contributed by atoms with Crippen molar-refractivity contribution in [3.05, 3.63) is 29.3 Å². The maximum Gasteiger partial charge on any atom is 0.303 e. The van der Waals surface area contributed by atoms with Crippen LogP contribution in [0, 0.1) is 5.92 Å². The molecular weight excluding hydrogens is 394 g/mol. The van der Waals surface area contributed by atoms with Gasteiger partial charge in [0, 0.05) is 49.4 Å². The van der Waals surface area contributed by atoms with Gasteiger partial charge in [-0.15, -0.1) is 0 Å². The lowest BCUT2D eigenvalue weighted by molar-refractivity contribution is -0.137. The molecule has 6 heteroatoms. The zero-order valence-electron chi connectivity index (χ0n) is 19.8. The van der Waals surface area contributed by atoms with Gasteiger partial charge in [0.25, 0.3) is 0 Å². The Hall–Kier alpha value is -2.50. The largest absolute Gasteiger partial charge is 0.481 e. The van der Waals surface area contributed by atoms with E-state index in [0.29, 0.717) is 32.1 Å². The Morgan fingerprint density at radius 1 is 1.00 bits per heavy atom. The van der Waals surface area contributed by atoms with Crippen LogP contribution >= 0.6 is 0 Å². The van der Waals surface area contributed by atoms with E-state index in [1.54, 1.807) is 6.92 Å². The van der Waals surface area contributed by atoms with Gasteiger partial charge < -0.3 is 15.2 Å². The number of Topliss-reactive ketones (excluding diaryl/α,β-unsaturated/α-hetero) is 3. The Kier molecular flexibility index (Phi) is 14.9. The Bertz CT molecular complexity index is 727. The molecule has 0 saturated carbocycles. The first-order chi connectivity index (χ1) is 14.7. The van der Waals surface area contributed by atoms with Crippen molar-refractivity contribution < 1.29 is 24.3 Å². The molecule has 1 atom stereocenters. The minimum atomic E-state index is -0.755. The first kappa shape index (κ1) is 28.5. The molecule has 0 aliphatic carbocycles. The number of hydrogen-bond donors (Lipinski definition) is 2. The predicted octanol–water partition coefficient (Wildman–Crippen LogP) is 5.48. The third kappa shape index (κ3) is 12.1. The minimum absolute atomic E-state index is 0.0592. The van der Waals surface area contributed by atoms with Crippen molar-refractivity contribution in [3.8, 4) is 0 Å². The second-order valence-electron chi connectivity index (χ2n) is 7.70. The molecule has 0 radical (unpaired) electrons. The molecule has 0 heterocycles. The van der Waals surface area contributed by atoms with Crippen LogP contribution in [0.2, 0.25) is 0 Å². The molecule has 31 heavy (non-hydrogen) atoms. The summed E-state index contributed by atoms with van der Waals surface area (Å²) >= 11 is 0. The Morgan fingerprint density at radius 3 is 2.19 bits per heavy atom. The van der Waals surface area contributed by atoms with Crippen LogP contribution < -0.4 is 5.32 Å². The number of unbranched alkanes of at least 4 members (excludes halogenated alkanes) is 1. The van der Waals surface area contributed by atoms with Crippen LogP contribution in [0.5, 0.6) is 0 Å². The minimum Gasteiger partial charge on any atom is -0.481 e. The predicted molar refractivity (Wildman–Crippen MR) is 125 cm³/mol. The highest BCUT2D eigenvalue weighted by Crippen LogP contribution is 2.22. The van der Waals surface area contributed by atoms with Crippen molar-refractivity contribution in [1.29, 1.82) is 0 Å². The molecule has 1 rings (SSSR count). The molecule has 0 spiro atoms. The average Bonchev–Trinajstić information content (AvgIpc) is 2.75. The molecule has 0 bridgehead atoms. The van der Waals surface area contributed by atoms with Crippen LogP contribution in [0.15, 0.2) is 18.2 Å². The van der Waals surface area contributed by atoms with Crippen molar-refractivity contribution in [1.82, 2.24) is 0 Å². The van der Waals surface area contributed by atoms with Gasteiger partial charge in [0.1, 0.15) is 11.6 Å². The second-order valence-corrected chi connectivity index (χ2v) is 7.70. The number of hydrogen-bond acceptors (Lipinski definition) is 5. The van der Waals surface area contributed by atoms with Crippen LogP contribution in [-0.4, -0.2) is 35.0 Å². The molecule has 0 fully saturated rings. The lowest BCUT2D eigenvalue weighted by atomic mass is 9.98. The third-order valence-corrected chi connectivity index (χ3v) is 5.11.